The number of fused-ring (bicyclic) bond motifs is 1. The summed E-state index contributed by atoms with van der Waals surface area (Å²) < 4.78 is 0. The number of nitrogens with two attached hydrogens (primary N) is 1. The van der Waals surface area contributed by atoms with Gasteiger partial charge in [0.1, 0.15) is 0 Å². The van der Waals surface area contributed by atoms with Crippen molar-refractivity contribution in [1.29, 1.82) is 0 Å². The summed E-state index contributed by atoms with van der Waals surface area (Å²) in [6, 6.07) is 12.6. The fourth-order valence-electron chi connectivity index (χ4n) is 5.03. The molecule has 4 aromatic rings. The third-order valence-electron chi connectivity index (χ3n) is 6.94. The third kappa shape index (κ3) is 4.75. The summed E-state index contributed by atoms with van der Waals surface area (Å²) >= 11 is 0. The van der Waals surface area contributed by atoms with E-state index in [-0.39, 0.29) is 5.54 Å². The number of hydrogen-bond donors (Lipinski definition) is 4. The van der Waals surface area contributed by atoms with Crippen LogP contribution in [0.4, 0.5) is 11.6 Å². The summed E-state index contributed by atoms with van der Waals surface area (Å²) in [6.45, 7) is 5.19. The first kappa shape index (κ1) is 22.3. The molecule has 0 unspecified atom stereocenters. The molecule has 5 rings (SSSR count). The minimum absolute atomic E-state index is 0.0298. The number of benzene rings is 1. The number of aromatic amines is 1. The van der Waals surface area contributed by atoms with Crippen molar-refractivity contribution in [1.82, 2.24) is 25.3 Å². The molecule has 1 aliphatic rings. The summed E-state index contributed by atoms with van der Waals surface area (Å²) in [5.74, 6) is 0.701. The van der Waals surface area contributed by atoms with Crippen molar-refractivity contribution in [2.45, 2.75) is 64.1 Å². The number of hydrogen-bond acceptors (Lipinski definition) is 6. The zero-order chi connectivity index (χ0) is 23.5. The Bertz CT molecular complexity index is 1260. The van der Waals surface area contributed by atoms with E-state index in [2.05, 4.69) is 63.8 Å². The molecule has 7 nitrogen and oxygen atoms in total. The Kier molecular flexibility index (Phi) is 6.20. The Labute approximate surface area is 200 Å². The van der Waals surface area contributed by atoms with Crippen molar-refractivity contribution in [3.05, 3.63) is 66.2 Å². The number of nitrogen functional groups attached to an aromatic ring is 1. The summed E-state index contributed by atoms with van der Waals surface area (Å²) in [7, 11) is 0. The van der Waals surface area contributed by atoms with Gasteiger partial charge < -0.3 is 21.4 Å². The van der Waals surface area contributed by atoms with Crippen LogP contribution in [0.5, 0.6) is 0 Å². The second-order valence-electron chi connectivity index (χ2n) is 9.60. The molecular weight excluding hydrogens is 422 g/mol. The van der Waals surface area contributed by atoms with Gasteiger partial charge in [-0.3, -0.25) is 4.98 Å². The molecule has 3 aromatic heterocycles. The van der Waals surface area contributed by atoms with Crippen molar-refractivity contribution in [2.75, 3.05) is 11.1 Å². The average Bonchev–Trinajstić information content (AvgIpc) is 3.28. The van der Waals surface area contributed by atoms with Crippen LogP contribution in [0.2, 0.25) is 0 Å². The quantitative estimate of drug-likeness (QED) is 0.310. The van der Waals surface area contributed by atoms with Crippen LogP contribution in [0.15, 0.2) is 55.0 Å². The highest BCUT2D eigenvalue weighted by Gasteiger charge is 2.32. The summed E-state index contributed by atoms with van der Waals surface area (Å²) in [5.41, 5.74) is 11.9. The standard InChI is InChI=1S/C27H33N7/c1-3-18-14-31-26(34-25(18)23-17-30-24-9-5-4-8-22(23)24)33-20-7-6-12-27(2,13-20)32-16-21-11-10-19(28)15-29-21/h4-5,8-11,14-15,17,20,30,32H,3,6-7,12-13,16,28H2,1-2H3,(H,31,33,34)/t20-,27+/m1/s1. The number of aryl methyl sites for hydroxylation is 1. The largest absolute Gasteiger partial charge is 0.397 e. The highest BCUT2D eigenvalue weighted by Crippen LogP contribution is 2.32. The van der Waals surface area contributed by atoms with Crippen LogP contribution in [-0.2, 0) is 13.0 Å². The molecule has 7 heteroatoms. The lowest BCUT2D eigenvalue weighted by Crippen LogP contribution is -2.48. The van der Waals surface area contributed by atoms with Gasteiger partial charge >= 0.3 is 0 Å². The van der Waals surface area contributed by atoms with Crippen LogP contribution in [0.3, 0.4) is 0 Å². The number of pyridine rings is 1. The molecule has 3 heterocycles. The Morgan fingerprint density at radius 1 is 1.15 bits per heavy atom. The van der Waals surface area contributed by atoms with Crippen molar-refractivity contribution in [3.8, 4) is 11.3 Å². The number of H-pyrrole nitrogens is 1. The van der Waals surface area contributed by atoms with Crippen molar-refractivity contribution >= 4 is 22.5 Å². The first-order valence-electron chi connectivity index (χ1n) is 12.2. The second kappa shape index (κ2) is 9.43. The van der Waals surface area contributed by atoms with Gasteiger partial charge in [0.25, 0.3) is 0 Å². The first-order chi connectivity index (χ1) is 16.5. The fourth-order valence-corrected chi connectivity index (χ4v) is 5.03. The highest BCUT2D eigenvalue weighted by molar-refractivity contribution is 5.95. The van der Waals surface area contributed by atoms with Gasteiger partial charge in [-0.1, -0.05) is 25.1 Å². The Balaban J connectivity index is 1.32. The van der Waals surface area contributed by atoms with E-state index in [9.17, 15) is 0 Å². The SMILES string of the molecule is CCc1cnc(N[C@@H]2CCC[C@](C)(NCc3ccc(N)cn3)C2)nc1-c1c[nH]c2ccccc12. The average molecular weight is 456 g/mol. The third-order valence-corrected chi connectivity index (χ3v) is 6.94. The van der Waals surface area contributed by atoms with E-state index >= 15 is 0 Å². The lowest BCUT2D eigenvalue weighted by molar-refractivity contribution is 0.238. The molecule has 0 aliphatic heterocycles. The number of aromatic nitrogens is 4. The maximum Gasteiger partial charge on any atom is 0.223 e. The van der Waals surface area contributed by atoms with Gasteiger partial charge in [0.15, 0.2) is 0 Å². The number of para-hydroxylation sites is 1. The molecule has 1 aromatic carbocycles. The predicted octanol–water partition coefficient (Wildman–Crippen LogP) is 5.07. The molecule has 0 radical (unpaired) electrons. The summed E-state index contributed by atoms with van der Waals surface area (Å²) in [4.78, 5) is 17.5. The molecule has 1 saturated carbocycles. The van der Waals surface area contributed by atoms with E-state index in [4.69, 9.17) is 10.7 Å². The van der Waals surface area contributed by atoms with Crippen LogP contribution >= 0.6 is 0 Å². The molecule has 0 amide bonds. The van der Waals surface area contributed by atoms with Crippen LogP contribution < -0.4 is 16.4 Å². The molecule has 176 valence electrons. The van der Waals surface area contributed by atoms with E-state index in [0.29, 0.717) is 17.7 Å². The van der Waals surface area contributed by atoms with E-state index in [1.807, 2.05) is 24.4 Å². The Hall–Kier alpha value is -3.45. The smallest absolute Gasteiger partial charge is 0.223 e. The van der Waals surface area contributed by atoms with Crippen molar-refractivity contribution in [3.63, 3.8) is 0 Å². The maximum absolute atomic E-state index is 5.77. The molecule has 34 heavy (non-hydrogen) atoms. The van der Waals surface area contributed by atoms with Gasteiger partial charge in [-0.15, -0.1) is 0 Å². The van der Waals surface area contributed by atoms with E-state index in [1.54, 1.807) is 6.20 Å². The van der Waals surface area contributed by atoms with Gasteiger partial charge in [0, 0.05) is 47.0 Å². The van der Waals surface area contributed by atoms with E-state index in [1.165, 1.54) is 5.39 Å². The minimum atomic E-state index is 0.0298. The lowest BCUT2D eigenvalue weighted by atomic mass is 9.80. The van der Waals surface area contributed by atoms with E-state index < -0.39 is 0 Å². The molecular formula is C27H33N7. The van der Waals surface area contributed by atoms with Gasteiger partial charge in [0.05, 0.1) is 23.3 Å². The van der Waals surface area contributed by atoms with Gasteiger partial charge in [-0.2, -0.15) is 0 Å². The highest BCUT2D eigenvalue weighted by atomic mass is 15.1. The number of nitrogens with one attached hydrogen (secondary N) is 3. The Morgan fingerprint density at radius 3 is 2.85 bits per heavy atom. The topological polar surface area (TPSA) is 105 Å². The fraction of sp³-hybridized carbons (Fsp3) is 0.370. The summed E-state index contributed by atoms with van der Waals surface area (Å²) in [5, 5.41) is 8.56. The maximum atomic E-state index is 5.77. The van der Waals surface area contributed by atoms with Crippen molar-refractivity contribution < 1.29 is 0 Å². The number of rotatable bonds is 7. The predicted molar refractivity (Wildman–Crippen MR) is 138 cm³/mol. The molecule has 5 N–H and O–H groups in total. The first-order valence-corrected chi connectivity index (χ1v) is 12.2. The van der Waals surface area contributed by atoms with Crippen LogP contribution in [-0.4, -0.2) is 31.5 Å². The number of anilines is 2. The van der Waals surface area contributed by atoms with Crippen LogP contribution in [0.25, 0.3) is 22.2 Å². The monoisotopic (exact) mass is 455 g/mol. The molecule has 1 aliphatic carbocycles. The summed E-state index contributed by atoms with van der Waals surface area (Å²) in [6.07, 6.45) is 11.0. The molecule has 1 fully saturated rings. The zero-order valence-corrected chi connectivity index (χ0v) is 19.9. The van der Waals surface area contributed by atoms with E-state index in [0.717, 1.165) is 66.7 Å². The molecule has 0 spiro atoms. The molecule has 2 atom stereocenters. The van der Waals surface area contributed by atoms with Crippen LogP contribution in [0, 0.1) is 0 Å². The molecule has 0 saturated heterocycles. The lowest BCUT2D eigenvalue weighted by Gasteiger charge is -2.39. The van der Waals surface area contributed by atoms with Gasteiger partial charge in [-0.05, 0) is 62.8 Å². The van der Waals surface area contributed by atoms with Crippen LogP contribution in [0.1, 0.15) is 50.8 Å². The molecule has 0 bridgehead atoms. The van der Waals surface area contributed by atoms with Gasteiger partial charge in [-0.25, -0.2) is 9.97 Å². The second-order valence-corrected chi connectivity index (χ2v) is 9.60. The minimum Gasteiger partial charge on any atom is -0.397 e. The van der Waals surface area contributed by atoms with Gasteiger partial charge in [0.2, 0.25) is 5.95 Å². The van der Waals surface area contributed by atoms with Crippen molar-refractivity contribution in [2.24, 2.45) is 0 Å². The number of nitrogens with zero attached hydrogens (tertiary/aromatic N) is 3. The zero-order valence-electron chi connectivity index (χ0n) is 19.9. The normalized spacial score (nSPS) is 20.5. The Morgan fingerprint density at radius 2 is 2.03 bits per heavy atom.